The van der Waals surface area contributed by atoms with E-state index in [1.165, 1.54) is 4.90 Å². The third-order valence-corrected chi connectivity index (χ3v) is 6.52. The fourth-order valence-corrected chi connectivity index (χ4v) is 5.19. The minimum atomic E-state index is -0.175. The predicted molar refractivity (Wildman–Crippen MR) is 111 cm³/mol. The number of carbonyl (C=O) groups is 2. The third kappa shape index (κ3) is 2.45. The molecule has 1 saturated carbocycles. The number of amides is 2. The molecule has 0 radical (unpaired) electrons. The minimum absolute atomic E-state index is 0.0555. The van der Waals surface area contributed by atoms with E-state index >= 15 is 0 Å². The van der Waals surface area contributed by atoms with Gasteiger partial charge in [-0.2, -0.15) is 0 Å². The van der Waals surface area contributed by atoms with Gasteiger partial charge in [-0.3, -0.25) is 14.5 Å². The molecular weight excluding hydrogens is 362 g/mol. The highest BCUT2D eigenvalue weighted by Gasteiger charge is 2.59. The molecule has 4 nitrogen and oxygen atoms in total. The van der Waals surface area contributed by atoms with Crippen LogP contribution in [0, 0.1) is 23.7 Å². The fraction of sp³-hybridized carbons (Fsp3) is 0.200. The molecule has 2 bridgehead atoms. The molecule has 4 heteroatoms. The van der Waals surface area contributed by atoms with Crippen molar-refractivity contribution in [2.75, 3.05) is 4.90 Å². The quantitative estimate of drug-likeness (QED) is 0.477. The van der Waals surface area contributed by atoms with Crippen LogP contribution in [0.15, 0.2) is 78.9 Å². The highest BCUT2D eigenvalue weighted by molar-refractivity contribution is 6.22. The Balaban J connectivity index is 1.24. The number of rotatable bonds is 3. The molecule has 3 aromatic rings. The molecule has 2 aliphatic carbocycles. The number of carbonyl (C=O) groups excluding carboxylic acids is 2. The van der Waals surface area contributed by atoms with E-state index in [2.05, 4.69) is 24.3 Å². The van der Waals surface area contributed by atoms with Crippen LogP contribution in [-0.4, -0.2) is 11.8 Å². The molecule has 6 rings (SSSR count). The van der Waals surface area contributed by atoms with Crippen molar-refractivity contribution in [2.24, 2.45) is 23.7 Å². The van der Waals surface area contributed by atoms with Crippen molar-refractivity contribution in [1.29, 1.82) is 0 Å². The summed E-state index contributed by atoms with van der Waals surface area (Å²) < 4.78 is 5.98. The van der Waals surface area contributed by atoms with Gasteiger partial charge in [0.05, 0.1) is 17.5 Å². The summed E-state index contributed by atoms with van der Waals surface area (Å²) in [5, 5.41) is 2.28. The number of anilines is 1. The molecule has 2 fully saturated rings. The highest BCUT2D eigenvalue weighted by Crippen LogP contribution is 2.53. The Hall–Kier alpha value is -3.40. The second-order valence-electron chi connectivity index (χ2n) is 8.12. The largest absolute Gasteiger partial charge is 0.457 e. The summed E-state index contributed by atoms with van der Waals surface area (Å²) >= 11 is 0. The van der Waals surface area contributed by atoms with E-state index in [9.17, 15) is 9.59 Å². The summed E-state index contributed by atoms with van der Waals surface area (Å²) in [6, 6.07) is 21.3. The molecule has 3 aromatic carbocycles. The number of ether oxygens (including phenoxy) is 1. The van der Waals surface area contributed by atoms with Gasteiger partial charge in [-0.1, -0.05) is 42.5 Å². The van der Waals surface area contributed by atoms with Crippen molar-refractivity contribution in [1.82, 2.24) is 0 Å². The molecule has 1 heterocycles. The van der Waals surface area contributed by atoms with Gasteiger partial charge in [0.15, 0.2) is 0 Å². The van der Waals surface area contributed by atoms with Gasteiger partial charge in [-0.25, -0.2) is 0 Å². The Morgan fingerprint density at radius 2 is 1.34 bits per heavy atom. The molecule has 3 aliphatic rings. The Morgan fingerprint density at radius 3 is 2.03 bits per heavy atom. The standard InChI is InChI=1S/C25H19NO3/c27-24-22-17-5-6-18(13-17)23(22)25(28)26(24)19-8-11-20(12-9-19)29-21-10-7-15-3-1-2-4-16(15)14-21/h1-12,14,17-18,22-23H,13H2/t17-,18-,22-,23+/m0/s1. The second kappa shape index (κ2) is 6.05. The van der Waals surface area contributed by atoms with Crippen LogP contribution < -0.4 is 9.64 Å². The second-order valence-corrected chi connectivity index (χ2v) is 8.12. The number of nitrogens with zero attached hydrogens (tertiary/aromatic N) is 1. The molecule has 29 heavy (non-hydrogen) atoms. The van der Waals surface area contributed by atoms with Gasteiger partial charge >= 0.3 is 0 Å². The molecule has 0 unspecified atom stereocenters. The summed E-state index contributed by atoms with van der Waals surface area (Å²) in [7, 11) is 0. The number of imide groups is 1. The number of fused-ring (bicyclic) bond motifs is 6. The maximum Gasteiger partial charge on any atom is 0.238 e. The van der Waals surface area contributed by atoms with Crippen LogP contribution in [-0.2, 0) is 9.59 Å². The van der Waals surface area contributed by atoms with E-state index in [0.717, 1.165) is 22.9 Å². The topological polar surface area (TPSA) is 46.6 Å². The van der Waals surface area contributed by atoms with Crippen molar-refractivity contribution in [2.45, 2.75) is 6.42 Å². The number of hydrogen-bond acceptors (Lipinski definition) is 3. The zero-order chi connectivity index (χ0) is 19.5. The van der Waals surface area contributed by atoms with Crippen LogP contribution in [0.3, 0.4) is 0 Å². The van der Waals surface area contributed by atoms with Crippen LogP contribution in [0.2, 0.25) is 0 Å². The van der Waals surface area contributed by atoms with Crippen molar-refractivity contribution >= 4 is 28.3 Å². The molecule has 4 atom stereocenters. The van der Waals surface area contributed by atoms with Crippen molar-refractivity contribution < 1.29 is 14.3 Å². The van der Waals surface area contributed by atoms with Gasteiger partial charge in [0.1, 0.15) is 11.5 Å². The van der Waals surface area contributed by atoms with Gasteiger partial charge in [0.2, 0.25) is 11.8 Å². The van der Waals surface area contributed by atoms with Crippen LogP contribution >= 0.6 is 0 Å². The third-order valence-electron chi connectivity index (χ3n) is 6.52. The van der Waals surface area contributed by atoms with Crippen molar-refractivity contribution in [3.8, 4) is 11.5 Å². The zero-order valence-corrected chi connectivity index (χ0v) is 15.7. The summed E-state index contributed by atoms with van der Waals surface area (Å²) in [4.78, 5) is 27.2. The first-order valence-electron chi connectivity index (χ1n) is 10.0. The highest BCUT2D eigenvalue weighted by atomic mass is 16.5. The van der Waals surface area contributed by atoms with Crippen LogP contribution in [0.5, 0.6) is 11.5 Å². The lowest BCUT2D eigenvalue weighted by atomic mass is 9.85. The normalized spacial score (nSPS) is 27.1. The number of hydrogen-bond donors (Lipinski definition) is 0. The molecular formula is C25H19NO3. The zero-order valence-electron chi connectivity index (χ0n) is 15.7. The molecule has 0 aromatic heterocycles. The first-order chi connectivity index (χ1) is 14.2. The smallest absolute Gasteiger partial charge is 0.238 e. The number of benzene rings is 3. The monoisotopic (exact) mass is 381 g/mol. The molecule has 142 valence electrons. The lowest BCUT2D eigenvalue weighted by molar-refractivity contribution is -0.123. The Morgan fingerprint density at radius 1 is 0.724 bits per heavy atom. The number of allylic oxidation sites excluding steroid dienone is 2. The summed E-state index contributed by atoms with van der Waals surface area (Å²) in [5.41, 5.74) is 0.625. The first kappa shape index (κ1) is 16.5. The van der Waals surface area contributed by atoms with Gasteiger partial charge < -0.3 is 4.74 Å². The van der Waals surface area contributed by atoms with E-state index in [1.807, 2.05) is 42.5 Å². The minimum Gasteiger partial charge on any atom is -0.457 e. The van der Waals surface area contributed by atoms with Crippen molar-refractivity contribution in [3.63, 3.8) is 0 Å². The van der Waals surface area contributed by atoms with E-state index in [4.69, 9.17) is 4.74 Å². The summed E-state index contributed by atoms with van der Waals surface area (Å²) in [5.74, 6) is 1.41. The van der Waals surface area contributed by atoms with Gasteiger partial charge in [0, 0.05) is 0 Å². The van der Waals surface area contributed by atoms with Crippen LogP contribution in [0.4, 0.5) is 5.69 Å². The Labute approximate surface area is 168 Å². The molecule has 1 saturated heterocycles. The van der Waals surface area contributed by atoms with Crippen LogP contribution in [0.1, 0.15) is 6.42 Å². The van der Waals surface area contributed by atoms with Gasteiger partial charge in [-0.05, 0) is 65.4 Å². The summed E-state index contributed by atoms with van der Waals surface area (Å²) in [6.45, 7) is 0. The molecule has 2 amide bonds. The average molecular weight is 381 g/mol. The lowest BCUT2D eigenvalue weighted by Crippen LogP contribution is -2.32. The van der Waals surface area contributed by atoms with E-state index in [-0.39, 0.29) is 35.5 Å². The molecule has 0 N–H and O–H groups in total. The SMILES string of the molecule is O=C1[C@@H]2[C@H](C(=O)N1c1ccc(Oc3ccc4ccccc4c3)cc1)[C@H]1C=C[C@H]2C1. The van der Waals surface area contributed by atoms with E-state index in [0.29, 0.717) is 11.4 Å². The Bertz CT molecular complexity index is 1150. The lowest BCUT2D eigenvalue weighted by Gasteiger charge is -2.17. The Kier molecular flexibility index (Phi) is 3.45. The van der Waals surface area contributed by atoms with Crippen molar-refractivity contribution in [3.05, 3.63) is 78.9 Å². The molecule has 1 aliphatic heterocycles. The summed E-state index contributed by atoms with van der Waals surface area (Å²) in [6.07, 6.45) is 5.17. The van der Waals surface area contributed by atoms with Gasteiger partial charge in [-0.15, -0.1) is 0 Å². The van der Waals surface area contributed by atoms with E-state index < -0.39 is 0 Å². The van der Waals surface area contributed by atoms with Gasteiger partial charge in [0.25, 0.3) is 0 Å². The maximum absolute atomic E-state index is 12.9. The van der Waals surface area contributed by atoms with E-state index in [1.54, 1.807) is 12.1 Å². The maximum atomic E-state index is 12.9. The molecule has 0 spiro atoms. The van der Waals surface area contributed by atoms with Crippen LogP contribution in [0.25, 0.3) is 10.8 Å². The fourth-order valence-electron chi connectivity index (χ4n) is 5.19. The average Bonchev–Trinajstić information content (AvgIpc) is 3.43. The first-order valence-corrected chi connectivity index (χ1v) is 10.0. The predicted octanol–water partition coefficient (Wildman–Crippen LogP) is 4.94.